The van der Waals surface area contributed by atoms with E-state index in [9.17, 15) is 0 Å². The molecule has 0 bridgehead atoms. The van der Waals surface area contributed by atoms with Gasteiger partial charge in [-0.1, -0.05) is 25.3 Å². The Morgan fingerprint density at radius 3 is 2.48 bits per heavy atom. The van der Waals surface area contributed by atoms with Gasteiger partial charge in [-0.25, -0.2) is 0 Å². The molecular formula is C20H32N2O3. The molecule has 1 unspecified atom stereocenters. The van der Waals surface area contributed by atoms with Crippen LogP contribution < -0.4 is 14.8 Å². The fraction of sp³-hybridized carbons (Fsp3) is 0.700. The maximum atomic E-state index is 5.55. The fourth-order valence-electron chi connectivity index (χ4n) is 3.99. The molecule has 2 aliphatic rings. The van der Waals surface area contributed by atoms with Gasteiger partial charge in [0.15, 0.2) is 11.5 Å². The standard InChI is InChI=1S/C20H32N2O3/c1-23-19-9-8-16(14-20(19)24-2)18(22-10-12-25-13-11-22)15-21-17-6-4-3-5-7-17/h8-9,14,17-18,21H,3-7,10-13,15H2,1-2H3. The molecule has 0 spiro atoms. The predicted molar refractivity (Wildman–Crippen MR) is 99.6 cm³/mol. The summed E-state index contributed by atoms with van der Waals surface area (Å²) >= 11 is 0. The third-order valence-electron chi connectivity index (χ3n) is 5.48. The highest BCUT2D eigenvalue weighted by molar-refractivity contribution is 5.44. The van der Waals surface area contributed by atoms with Crippen LogP contribution in [-0.4, -0.2) is 58.0 Å². The van der Waals surface area contributed by atoms with Crippen molar-refractivity contribution in [3.63, 3.8) is 0 Å². The molecule has 0 radical (unpaired) electrons. The minimum atomic E-state index is 0.339. The number of ether oxygens (including phenoxy) is 3. The van der Waals surface area contributed by atoms with Crippen LogP contribution >= 0.6 is 0 Å². The van der Waals surface area contributed by atoms with Crippen molar-refractivity contribution < 1.29 is 14.2 Å². The van der Waals surface area contributed by atoms with Crippen LogP contribution in [0.25, 0.3) is 0 Å². The molecule has 2 fully saturated rings. The third kappa shape index (κ3) is 4.87. The Bertz CT molecular complexity index is 526. The van der Waals surface area contributed by atoms with E-state index in [2.05, 4.69) is 22.3 Å². The van der Waals surface area contributed by atoms with E-state index < -0.39 is 0 Å². The van der Waals surface area contributed by atoms with Crippen molar-refractivity contribution in [2.24, 2.45) is 0 Å². The lowest BCUT2D eigenvalue weighted by Crippen LogP contribution is -2.45. The molecule has 25 heavy (non-hydrogen) atoms. The van der Waals surface area contributed by atoms with Gasteiger partial charge in [0, 0.05) is 31.7 Å². The number of hydrogen-bond donors (Lipinski definition) is 1. The minimum absolute atomic E-state index is 0.339. The van der Waals surface area contributed by atoms with Gasteiger partial charge >= 0.3 is 0 Å². The lowest BCUT2D eigenvalue weighted by molar-refractivity contribution is 0.0153. The van der Waals surface area contributed by atoms with Crippen LogP contribution in [0.2, 0.25) is 0 Å². The Hall–Kier alpha value is -1.30. The maximum Gasteiger partial charge on any atom is 0.161 e. The van der Waals surface area contributed by atoms with Gasteiger partial charge in [0.25, 0.3) is 0 Å². The van der Waals surface area contributed by atoms with E-state index in [0.717, 1.165) is 44.3 Å². The number of methoxy groups -OCH3 is 2. The summed E-state index contributed by atoms with van der Waals surface area (Å²) in [5.74, 6) is 1.59. The van der Waals surface area contributed by atoms with Crippen molar-refractivity contribution in [2.45, 2.75) is 44.2 Å². The zero-order valence-electron chi connectivity index (χ0n) is 15.6. The van der Waals surface area contributed by atoms with Crippen LogP contribution in [0.1, 0.15) is 43.7 Å². The van der Waals surface area contributed by atoms with Gasteiger partial charge in [0.05, 0.1) is 27.4 Å². The number of benzene rings is 1. The van der Waals surface area contributed by atoms with Gasteiger partial charge in [-0.3, -0.25) is 4.90 Å². The Morgan fingerprint density at radius 2 is 1.80 bits per heavy atom. The highest BCUT2D eigenvalue weighted by Gasteiger charge is 2.25. The molecule has 1 aromatic rings. The van der Waals surface area contributed by atoms with E-state index in [1.54, 1.807) is 14.2 Å². The third-order valence-corrected chi connectivity index (χ3v) is 5.48. The molecule has 1 aliphatic heterocycles. The van der Waals surface area contributed by atoms with Crippen molar-refractivity contribution in [1.29, 1.82) is 0 Å². The van der Waals surface area contributed by atoms with E-state index >= 15 is 0 Å². The average Bonchev–Trinajstić information content (AvgIpc) is 2.69. The van der Waals surface area contributed by atoms with Crippen LogP contribution in [0.4, 0.5) is 0 Å². The van der Waals surface area contributed by atoms with Gasteiger partial charge in [0.2, 0.25) is 0 Å². The summed E-state index contributed by atoms with van der Waals surface area (Å²) in [6.07, 6.45) is 6.72. The Kier molecular flexibility index (Phi) is 6.96. The molecule has 1 aliphatic carbocycles. The molecule has 1 heterocycles. The SMILES string of the molecule is COc1ccc(C(CNC2CCCCC2)N2CCOCC2)cc1OC. The van der Waals surface area contributed by atoms with Crippen molar-refractivity contribution in [1.82, 2.24) is 10.2 Å². The van der Waals surface area contributed by atoms with Crippen molar-refractivity contribution in [3.8, 4) is 11.5 Å². The molecule has 5 heteroatoms. The summed E-state index contributed by atoms with van der Waals surface area (Å²) in [7, 11) is 3.38. The quantitative estimate of drug-likeness (QED) is 0.820. The molecule has 1 N–H and O–H groups in total. The minimum Gasteiger partial charge on any atom is -0.493 e. The van der Waals surface area contributed by atoms with Crippen LogP contribution in [0, 0.1) is 0 Å². The molecule has 5 nitrogen and oxygen atoms in total. The van der Waals surface area contributed by atoms with Crippen molar-refractivity contribution >= 4 is 0 Å². The van der Waals surface area contributed by atoms with E-state index in [0.29, 0.717) is 12.1 Å². The molecule has 0 amide bonds. The highest BCUT2D eigenvalue weighted by atomic mass is 16.5. The van der Waals surface area contributed by atoms with Gasteiger partial charge in [-0.15, -0.1) is 0 Å². The average molecular weight is 348 g/mol. The summed E-state index contributed by atoms with van der Waals surface area (Å²) in [6, 6.07) is 7.32. The molecule has 3 rings (SSSR count). The Morgan fingerprint density at radius 1 is 1.08 bits per heavy atom. The van der Waals surface area contributed by atoms with E-state index in [-0.39, 0.29) is 0 Å². The predicted octanol–water partition coefficient (Wildman–Crippen LogP) is 3.00. The Balaban J connectivity index is 1.74. The smallest absolute Gasteiger partial charge is 0.161 e. The van der Waals surface area contributed by atoms with Gasteiger partial charge in [-0.2, -0.15) is 0 Å². The number of nitrogens with one attached hydrogen (secondary N) is 1. The molecule has 1 saturated heterocycles. The monoisotopic (exact) mass is 348 g/mol. The highest BCUT2D eigenvalue weighted by Crippen LogP contribution is 2.32. The second-order valence-corrected chi connectivity index (χ2v) is 7.02. The van der Waals surface area contributed by atoms with E-state index in [1.165, 1.54) is 37.7 Å². The molecule has 1 saturated carbocycles. The first kappa shape index (κ1) is 18.5. The lowest BCUT2D eigenvalue weighted by Gasteiger charge is -2.36. The molecule has 1 atom stereocenters. The normalized spacial score (nSPS) is 21.0. The second-order valence-electron chi connectivity index (χ2n) is 7.02. The van der Waals surface area contributed by atoms with Crippen LogP contribution in [0.15, 0.2) is 18.2 Å². The zero-order chi connectivity index (χ0) is 17.5. The zero-order valence-corrected chi connectivity index (χ0v) is 15.6. The lowest BCUT2D eigenvalue weighted by atomic mass is 9.95. The first-order chi connectivity index (χ1) is 12.3. The molecule has 140 valence electrons. The maximum absolute atomic E-state index is 5.55. The molecule has 0 aromatic heterocycles. The number of morpholine rings is 1. The van der Waals surface area contributed by atoms with Crippen molar-refractivity contribution in [2.75, 3.05) is 47.1 Å². The van der Waals surface area contributed by atoms with Gasteiger partial charge in [0.1, 0.15) is 0 Å². The summed E-state index contributed by atoms with van der Waals surface area (Å²) in [5.41, 5.74) is 1.28. The van der Waals surface area contributed by atoms with Gasteiger partial charge in [-0.05, 0) is 30.5 Å². The van der Waals surface area contributed by atoms with Crippen LogP contribution in [0.5, 0.6) is 11.5 Å². The summed E-state index contributed by atoms with van der Waals surface area (Å²) in [5, 5.41) is 3.83. The second kappa shape index (κ2) is 9.41. The summed E-state index contributed by atoms with van der Waals surface area (Å²) in [6.45, 7) is 4.55. The first-order valence-electron chi connectivity index (χ1n) is 9.59. The fourth-order valence-corrected chi connectivity index (χ4v) is 3.99. The Labute approximate surface area is 151 Å². The number of rotatable bonds is 7. The van der Waals surface area contributed by atoms with Gasteiger partial charge < -0.3 is 19.5 Å². The van der Waals surface area contributed by atoms with Crippen LogP contribution in [-0.2, 0) is 4.74 Å². The number of hydrogen-bond acceptors (Lipinski definition) is 5. The molecule has 1 aromatic carbocycles. The largest absolute Gasteiger partial charge is 0.493 e. The molecular weight excluding hydrogens is 316 g/mol. The first-order valence-corrected chi connectivity index (χ1v) is 9.59. The number of nitrogens with zero attached hydrogens (tertiary/aromatic N) is 1. The summed E-state index contributed by atoms with van der Waals surface area (Å²) < 4.78 is 16.5. The topological polar surface area (TPSA) is 43.0 Å². The van der Waals surface area contributed by atoms with Crippen molar-refractivity contribution in [3.05, 3.63) is 23.8 Å². The van der Waals surface area contributed by atoms with E-state index in [4.69, 9.17) is 14.2 Å². The van der Waals surface area contributed by atoms with Crippen LogP contribution in [0.3, 0.4) is 0 Å². The van der Waals surface area contributed by atoms with E-state index in [1.807, 2.05) is 6.07 Å². The summed E-state index contributed by atoms with van der Waals surface area (Å²) in [4.78, 5) is 2.53.